The highest BCUT2D eigenvalue weighted by Crippen LogP contribution is 2.33. The number of carbonyl (C=O) groups is 1. The van der Waals surface area contributed by atoms with Gasteiger partial charge in [-0.1, -0.05) is 35.9 Å². The molecular formula is C19H11ClN4O4. The molecule has 0 radical (unpaired) electrons. The predicted octanol–water partition coefficient (Wildman–Crippen LogP) is 4.55. The van der Waals surface area contributed by atoms with E-state index in [2.05, 4.69) is 15.2 Å². The normalized spacial score (nSPS) is 10.9. The second-order valence-electron chi connectivity index (χ2n) is 5.98. The van der Waals surface area contributed by atoms with Gasteiger partial charge in [0.25, 0.3) is 5.69 Å². The van der Waals surface area contributed by atoms with Crippen molar-refractivity contribution in [2.24, 2.45) is 0 Å². The Hall–Kier alpha value is -3.78. The van der Waals surface area contributed by atoms with E-state index >= 15 is 0 Å². The van der Waals surface area contributed by atoms with Crippen LogP contribution in [0.2, 0.25) is 5.02 Å². The van der Waals surface area contributed by atoms with Crippen LogP contribution in [0, 0.1) is 10.1 Å². The SMILES string of the molecule is O=C(O)c1cc(-c2cccc(Cl)c2)nc2n[nH]c(-c3cccc([N+](=O)[O-])c3)c12. The molecule has 4 rings (SSSR count). The number of nitrogens with zero attached hydrogens (tertiary/aromatic N) is 3. The standard InChI is InChI=1S/C19H11ClN4O4/c20-12-5-1-3-10(7-12)15-9-14(19(25)26)16-17(22-23-18(16)21-15)11-4-2-6-13(8-11)24(27)28/h1-9H,(H,25,26)(H,21,22,23). The number of fused-ring (bicyclic) bond motifs is 1. The highest BCUT2D eigenvalue weighted by atomic mass is 35.5. The number of aromatic amines is 1. The number of halogens is 1. The van der Waals surface area contributed by atoms with Gasteiger partial charge in [0.05, 0.1) is 27.3 Å². The van der Waals surface area contributed by atoms with Crippen molar-refractivity contribution in [2.45, 2.75) is 0 Å². The first-order valence-corrected chi connectivity index (χ1v) is 8.45. The lowest BCUT2D eigenvalue weighted by molar-refractivity contribution is -0.384. The van der Waals surface area contributed by atoms with Crippen molar-refractivity contribution < 1.29 is 14.8 Å². The van der Waals surface area contributed by atoms with Crippen LogP contribution < -0.4 is 0 Å². The van der Waals surface area contributed by atoms with Crippen molar-refractivity contribution in [1.29, 1.82) is 0 Å². The number of carboxylic acid groups (broad SMARTS) is 1. The number of nitrogens with one attached hydrogen (secondary N) is 1. The first-order chi connectivity index (χ1) is 13.4. The Labute approximate surface area is 162 Å². The molecule has 0 aliphatic rings. The topological polar surface area (TPSA) is 122 Å². The molecule has 0 aliphatic heterocycles. The van der Waals surface area contributed by atoms with Crippen LogP contribution in [0.1, 0.15) is 10.4 Å². The Morgan fingerprint density at radius 1 is 1.11 bits per heavy atom. The molecule has 0 amide bonds. The lowest BCUT2D eigenvalue weighted by Gasteiger charge is -2.06. The van der Waals surface area contributed by atoms with Crippen molar-refractivity contribution in [3.63, 3.8) is 0 Å². The number of nitro benzene ring substituents is 1. The maximum atomic E-state index is 11.9. The third kappa shape index (κ3) is 3.06. The summed E-state index contributed by atoms with van der Waals surface area (Å²) in [6.07, 6.45) is 0. The van der Waals surface area contributed by atoms with Crippen LogP contribution >= 0.6 is 11.6 Å². The van der Waals surface area contributed by atoms with Crippen molar-refractivity contribution in [1.82, 2.24) is 15.2 Å². The molecule has 2 aromatic heterocycles. The van der Waals surface area contributed by atoms with Gasteiger partial charge >= 0.3 is 5.97 Å². The van der Waals surface area contributed by atoms with Gasteiger partial charge in [-0.25, -0.2) is 9.78 Å². The highest BCUT2D eigenvalue weighted by Gasteiger charge is 2.20. The van der Waals surface area contributed by atoms with Crippen LogP contribution in [0.15, 0.2) is 54.6 Å². The zero-order valence-corrected chi connectivity index (χ0v) is 14.8. The largest absolute Gasteiger partial charge is 0.478 e. The predicted molar refractivity (Wildman–Crippen MR) is 103 cm³/mol. The van der Waals surface area contributed by atoms with Crippen molar-refractivity contribution >= 4 is 34.3 Å². The van der Waals surface area contributed by atoms with Gasteiger partial charge < -0.3 is 5.11 Å². The molecule has 2 aromatic carbocycles. The molecule has 8 nitrogen and oxygen atoms in total. The van der Waals surface area contributed by atoms with E-state index in [1.807, 2.05) is 0 Å². The molecule has 2 N–H and O–H groups in total. The maximum Gasteiger partial charge on any atom is 0.336 e. The summed E-state index contributed by atoms with van der Waals surface area (Å²) in [5.74, 6) is -1.16. The molecule has 4 aromatic rings. The smallest absolute Gasteiger partial charge is 0.336 e. The van der Waals surface area contributed by atoms with Gasteiger partial charge in [-0.15, -0.1) is 0 Å². The van der Waals surface area contributed by atoms with Crippen LogP contribution in [-0.2, 0) is 0 Å². The average molecular weight is 395 g/mol. The molecule has 0 bridgehead atoms. The molecule has 0 saturated carbocycles. The van der Waals surface area contributed by atoms with Gasteiger partial charge in [-0.3, -0.25) is 15.2 Å². The van der Waals surface area contributed by atoms with Crippen molar-refractivity contribution in [2.75, 3.05) is 0 Å². The quantitative estimate of drug-likeness (QED) is 0.386. The van der Waals surface area contributed by atoms with Gasteiger partial charge in [0, 0.05) is 28.3 Å². The molecule has 0 unspecified atom stereocenters. The Morgan fingerprint density at radius 2 is 1.86 bits per heavy atom. The summed E-state index contributed by atoms with van der Waals surface area (Å²) in [7, 11) is 0. The molecule has 138 valence electrons. The lowest BCUT2D eigenvalue weighted by atomic mass is 10.0. The van der Waals surface area contributed by atoms with E-state index in [1.54, 1.807) is 30.3 Å². The van der Waals surface area contributed by atoms with E-state index in [-0.39, 0.29) is 22.3 Å². The lowest BCUT2D eigenvalue weighted by Crippen LogP contribution is -2.00. The summed E-state index contributed by atoms with van der Waals surface area (Å²) >= 11 is 6.02. The van der Waals surface area contributed by atoms with Gasteiger partial charge in [-0.05, 0) is 18.2 Å². The molecule has 0 atom stereocenters. The molecule has 0 spiro atoms. The Morgan fingerprint density at radius 3 is 2.57 bits per heavy atom. The van der Waals surface area contributed by atoms with Crippen molar-refractivity contribution in [3.8, 4) is 22.5 Å². The summed E-state index contributed by atoms with van der Waals surface area (Å²) in [6.45, 7) is 0. The molecule has 28 heavy (non-hydrogen) atoms. The molecule has 2 heterocycles. The van der Waals surface area contributed by atoms with E-state index in [0.717, 1.165) is 0 Å². The second-order valence-corrected chi connectivity index (χ2v) is 6.41. The summed E-state index contributed by atoms with van der Waals surface area (Å²) in [5.41, 5.74) is 1.91. The minimum absolute atomic E-state index is 0.0183. The van der Waals surface area contributed by atoms with Crippen LogP contribution in [0.5, 0.6) is 0 Å². The van der Waals surface area contributed by atoms with Crippen molar-refractivity contribution in [3.05, 3.63) is 75.3 Å². The Kier molecular flexibility index (Phi) is 4.25. The molecule has 0 saturated heterocycles. The number of pyridine rings is 1. The molecule has 0 fully saturated rings. The fraction of sp³-hybridized carbons (Fsp3) is 0. The second kappa shape index (κ2) is 6.75. The Balaban J connectivity index is 1.95. The van der Waals surface area contributed by atoms with Crippen LogP contribution in [0.3, 0.4) is 0 Å². The number of nitro groups is 1. The molecule has 9 heteroatoms. The van der Waals surface area contributed by atoms with Gasteiger partial charge in [0.2, 0.25) is 0 Å². The summed E-state index contributed by atoms with van der Waals surface area (Å²) < 4.78 is 0. The zero-order valence-electron chi connectivity index (χ0n) is 14.1. The third-order valence-corrected chi connectivity index (χ3v) is 4.46. The number of non-ortho nitro benzene ring substituents is 1. The zero-order chi connectivity index (χ0) is 19.8. The minimum atomic E-state index is -1.16. The third-order valence-electron chi connectivity index (χ3n) is 4.22. The number of hydrogen-bond acceptors (Lipinski definition) is 5. The maximum absolute atomic E-state index is 11.9. The number of rotatable bonds is 4. The number of carboxylic acids is 1. The monoisotopic (exact) mass is 394 g/mol. The van der Waals surface area contributed by atoms with Gasteiger partial charge in [-0.2, -0.15) is 5.10 Å². The first kappa shape index (κ1) is 17.6. The first-order valence-electron chi connectivity index (χ1n) is 8.07. The summed E-state index contributed by atoms with van der Waals surface area (Å²) in [4.78, 5) is 26.9. The van der Waals surface area contributed by atoms with Crippen LogP contribution in [-0.4, -0.2) is 31.2 Å². The van der Waals surface area contributed by atoms with E-state index in [4.69, 9.17) is 11.6 Å². The number of benzene rings is 2. The number of hydrogen-bond donors (Lipinski definition) is 2. The average Bonchev–Trinajstić information content (AvgIpc) is 3.11. The summed E-state index contributed by atoms with van der Waals surface area (Å²) in [6, 6.07) is 14.2. The highest BCUT2D eigenvalue weighted by molar-refractivity contribution is 6.30. The van der Waals surface area contributed by atoms with Crippen LogP contribution in [0.4, 0.5) is 5.69 Å². The molecule has 0 aliphatic carbocycles. The number of aromatic carboxylic acids is 1. The molecular weight excluding hydrogens is 384 g/mol. The van der Waals surface area contributed by atoms with Gasteiger partial charge in [0.1, 0.15) is 0 Å². The van der Waals surface area contributed by atoms with Crippen LogP contribution in [0.25, 0.3) is 33.5 Å². The van der Waals surface area contributed by atoms with E-state index < -0.39 is 10.9 Å². The Bertz CT molecular complexity index is 1250. The van der Waals surface area contributed by atoms with E-state index in [0.29, 0.717) is 27.5 Å². The van der Waals surface area contributed by atoms with Gasteiger partial charge in [0.15, 0.2) is 5.65 Å². The fourth-order valence-electron chi connectivity index (χ4n) is 2.97. The number of aromatic nitrogens is 3. The summed E-state index contributed by atoms with van der Waals surface area (Å²) in [5, 5.41) is 28.4. The number of H-pyrrole nitrogens is 1. The fourth-order valence-corrected chi connectivity index (χ4v) is 3.16. The minimum Gasteiger partial charge on any atom is -0.478 e. The van der Waals surface area contributed by atoms with E-state index in [1.165, 1.54) is 24.3 Å². The van der Waals surface area contributed by atoms with E-state index in [9.17, 15) is 20.0 Å².